The molecule has 3 nitrogen and oxygen atoms in total. The Bertz CT molecular complexity index is 757. The third-order valence-corrected chi connectivity index (χ3v) is 6.08. The van der Waals surface area contributed by atoms with Gasteiger partial charge >= 0.3 is 6.18 Å². The van der Waals surface area contributed by atoms with Crippen LogP contribution in [0.4, 0.5) is 13.2 Å². The van der Waals surface area contributed by atoms with E-state index in [4.69, 9.17) is 23.2 Å². The van der Waals surface area contributed by atoms with Crippen LogP contribution in [-0.4, -0.2) is 36.2 Å². The Morgan fingerprint density at radius 3 is 2.55 bits per heavy atom. The quantitative estimate of drug-likeness (QED) is 0.549. The normalized spacial score (nSPS) is 22.9. The predicted octanol–water partition coefficient (Wildman–Crippen LogP) is 4.78. The van der Waals surface area contributed by atoms with Crippen molar-refractivity contribution in [2.45, 2.75) is 48.9 Å². The summed E-state index contributed by atoms with van der Waals surface area (Å²) in [5, 5.41) is 9.37. The van der Waals surface area contributed by atoms with Gasteiger partial charge in [-0.2, -0.15) is 13.2 Å². The largest absolute Gasteiger partial charge is 0.401 e. The molecular formula is C21H26Cl2F3N3. The highest BCUT2D eigenvalue weighted by Crippen LogP contribution is 2.39. The summed E-state index contributed by atoms with van der Waals surface area (Å²) in [6.07, 6.45) is 1.49. The molecule has 0 bridgehead atoms. The Hall–Kier alpha value is -1.05. The van der Waals surface area contributed by atoms with Gasteiger partial charge in [-0.05, 0) is 61.2 Å². The zero-order chi connectivity index (χ0) is 21.1. The molecule has 1 aromatic carbocycles. The van der Waals surface area contributed by atoms with E-state index in [2.05, 4.69) is 16.0 Å². The Morgan fingerprint density at radius 2 is 1.86 bits per heavy atom. The summed E-state index contributed by atoms with van der Waals surface area (Å²) in [6.45, 7) is 3.11. The molecule has 1 aliphatic carbocycles. The molecule has 160 valence electrons. The zero-order valence-electron chi connectivity index (χ0n) is 16.3. The summed E-state index contributed by atoms with van der Waals surface area (Å²) in [5.41, 5.74) is 4.35. The van der Waals surface area contributed by atoms with E-state index in [0.717, 1.165) is 37.1 Å². The summed E-state index contributed by atoms with van der Waals surface area (Å²) >= 11 is 13.2. The molecule has 2 atom stereocenters. The van der Waals surface area contributed by atoms with Gasteiger partial charge in [0.2, 0.25) is 0 Å². The van der Waals surface area contributed by atoms with Crippen LogP contribution in [-0.2, 0) is 6.54 Å². The van der Waals surface area contributed by atoms with Crippen LogP contribution in [0.5, 0.6) is 0 Å². The van der Waals surface area contributed by atoms with Crippen LogP contribution in [0.15, 0.2) is 47.6 Å². The molecule has 29 heavy (non-hydrogen) atoms. The lowest BCUT2D eigenvalue weighted by atomic mass is 9.88. The Balaban J connectivity index is 1.63. The minimum absolute atomic E-state index is 0.183. The van der Waals surface area contributed by atoms with E-state index in [1.807, 2.05) is 36.4 Å². The summed E-state index contributed by atoms with van der Waals surface area (Å²) in [7, 11) is 0. The maximum Gasteiger partial charge on any atom is 0.401 e. The molecule has 1 heterocycles. The first-order chi connectivity index (χ1) is 13.7. The van der Waals surface area contributed by atoms with Gasteiger partial charge in [0.25, 0.3) is 0 Å². The highest BCUT2D eigenvalue weighted by Gasteiger charge is 2.38. The maximum absolute atomic E-state index is 12.4. The first-order valence-electron chi connectivity index (χ1n) is 9.78. The van der Waals surface area contributed by atoms with E-state index in [1.54, 1.807) is 6.92 Å². The van der Waals surface area contributed by atoms with Crippen molar-refractivity contribution in [2.24, 2.45) is 0 Å². The molecule has 0 amide bonds. The molecular weight excluding hydrogens is 422 g/mol. The average molecular weight is 448 g/mol. The molecule has 0 saturated heterocycles. The first kappa shape index (κ1) is 22.6. The molecule has 3 rings (SSSR count). The van der Waals surface area contributed by atoms with Gasteiger partial charge in [-0.25, -0.2) is 0 Å². The number of alkyl halides is 5. The molecule has 2 unspecified atom stereocenters. The van der Waals surface area contributed by atoms with Crippen molar-refractivity contribution in [3.8, 4) is 0 Å². The van der Waals surface area contributed by atoms with Gasteiger partial charge in [-0.1, -0.05) is 53.5 Å². The van der Waals surface area contributed by atoms with Crippen LogP contribution in [0.1, 0.15) is 36.9 Å². The minimum atomic E-state index is -4.22. The van der Waals surface area contributed by atoms with Gasteiger partial charge in [0.1, 0.15) is 0 Å². The highest BCUT2D eigenvalue weighted by molar-refractivity contribution is 6.50. The average Bonchev–Trinajstić information content (AvgIpc) is 2.90. The van der Waals surface area contributed by atoms with Gasteiger partial charge in [0, 0.05) is 12.6 Å². The van der Waals surface area contributed by atoms with Gasteiger partial charge in [-0.15, -0.1) is 0 Å². The van der Waals surface area contributed by atoms with Crippen LogP contribution in [0, 0.1) is 0 Å². The Kier molecular flexibility index (Phi) is 7.33. The summed E-state index contributed by atoms with van der Waals surface area (Å²) in [5.74, 6) is 0. The molecule has 0 spiro atoms. The predicted molar refractivity (Wildman–Crippen MR) is 112 cm³/mol. The molecule has 2 aliphatic rings. The highest BCUT2D eigenvalue weighted by atomic mass is 35.5. The van der Waals surface area contributed by atoms with E-state index >= 15 is 0 Å². The van der Waals surface area contributed by atoms with E-state index < -0.39 is 17.1 Å². The summed E-state index contributed by atoms with van der Waals surface area (Å²) < 4.78 is 36.1. The smallest absolute Gasteiger partial charge is 0.316 e. The third-order valence-electron chi connectivity index (χ3n) is 5.39. The van der Waals surface area contributed by atoms with E-state index in [9.17, 15) is 13.2 Å². The standard InChI is InChI=1S/C21H26Cl2F3N3/c1-14(29-13-21(24,25)26)16-4-2-15(3-5-16)12-28-19-18-8-11-27-10-7-17(18)6-9-20(19,22)23/h2-6,9,14,19,27-29H,7-8,10-13H2,1H3. The first-order valence-corrected chi connectivity index (χ1v) is 10.5. The second-order valence-electron chi connectivity index (χ2n) is 7.58. The minimum Gasteiger partial charge on any atom is -0.316 e. The fraction of sp³-hybridized carbons (Fsp3) is 0.524. The zero-order valence-corrected chi connectivity index (χ0v) is 17.8. The molecule has 3 N–H and O–H groups in total. The van der Waals surface area contributed by atoms with Gasteiger partial charge < -0.3 is 16.0 Å². The van der Waals surface area contributed by atoms with Crippen molar-refractivity contribution < 1.29 is 13.2 Å². The molecule has 1 aliphatic heterocycles. The van der Waals surface area contributed by atoms with Crippen molar-refractivity contribution in [2.75, 3.05) is 19.6 Å². The van der Waals surface area contributed by atoms with E-state index in [-0.39, 0.29) is 12.1 Å². The Labute approximate surface area is 179 Å². The van der Waals surface area contributed by atoms with Gasteiger partial charge in [0.05, 0.1) is 12.6 Å². The number of allylic oxidation sites excluding steroid dienone is 1. The van der Waals surface area contributed by atoms with Gasteiger partial charge in [-0.3, -0.25) is 0 Å². The van der Waals surface area contributed by atoms with Crippen LogP contribution < -0.4 is 16.0 Å². The number of nitrogens with one attached hydrogen (secondary N) is 3. The number of benzene rings is 1. The number of hydrogen-bond acceptors (Lipinski definition) is 3. The molecule has 0 aromatic heterocycles. The van der Waals surface area contributed by atoms with Gasteiger partial charge in [0.15, 0.2) is 4.33 Å². The van der Waals surface area contributed by atoms with E-state index in [1.165, 1.54) is 11.1 Å². The lowest BCUT2D eigenvalue weighted by Crippen LogP contribution is -2.45. The Morgan fingerprint density at radius 1 is 1.17 bits per heavy atom. The summed E-state index contributed by atoms with van der Waals surface area (Å²) in [4.78, 5) is 0. The van der Waals surface area contributed by atoms with Crippen LogP contribution >= 0.6 is 23.2 Å². The lowest BCUT2D eigenvalue weighted by molar-refractivity contribution is -0.126. The fourth-order valence-electron chi connectivity index (χ4n) is 3.74. The van der Waals surface area contributed by atoms with Crippen molar-refractivity contribution in [3.63, 3.8) is 0 Å². The van der Waals surface area contributed by atoms with Crippen molar-refractivity contribution in [3.05, 3.63) is 58.7 Å². The molecule has 1 aromatic rings. The molecule has 8 heteroatoms. The molecule has 0 radical (unpaired) electrons. The maximum atomic E-state index is 12.4. The van der Waals surface area contributed by atoms with Crippen LogP contribution in [0.3, 0.4) is 0 Å². The fourth-order valence-corrected chi connectivity index (χ4v) is 4.29. The summed E-state index contributed by atoms with van der Waals surface area (Å²) in [6, 6.07) is 6.97. The second-order valence-corrected chi connectivity index (χ2v) is 9.03. The van der Waals surface area contributed by atoms with Crippen molar-refractivity contribution >= 4 is 23.2 Å². The second kappa shape index (κ2) is 9.40. The number of hydrogen-bond donors (Lipinski definition) is 3. The lowest BCUT2D eigenvalue weighted by Gasteiger charge is -2.35. The number of halogens is 5. The van der Waals surface area contributed by atoms with Crippen molar-refractivity contribution in [1.82, 2.24) is 16.0 Å². The SMILES string of the molecule is CC(NCC(F)(F)F)c1ccc(CNC2C3=C(C=CC2(Cl)Cl)CCNCC3)cc1. The molecule has 0 fully saturated rings. The molecule has 0 saturated carbocycles. The van der Waals surface area contributed by atoms with E-state index in [0.29, 0.717) is 6.54 Å². The monoisotopic (exact) mass is 447 g/mol. The topological polar surface area (TPSA) is 36.1 Å². The third kappa shape index (κ3) is 6.22. The van der Waals surface area contributed by atoms with Crippen LogP contribution in [0.2, 0.25) is 0 Å². The number of rotatable bonds is 6. The van der Waals surface area contributed by atoms with Crippen molar-refractivity contribution in [1.29, 1.82) is 0 Å². The van der Waals surface area contributed by atoms with Crippen LogP contribution in [0.25, 0.3) is 0 Å².